The van der Waals surface area contributed by atoms with Crippen LogP contribution in [-0.4, -0.2) is 44.8 Å². The number of nitrogens with zero attached hydrogens (tertiary/aromatic N) is 2. The first kappa shape index (κ1) is 14.5. The van der Waals surface area contributed by atoms with E-state index in [-0.39, 0.29) is 5.69 Å². The van der Waals surface area contributed by atoms with E-state index in [0.29, 0.717) is 12.5 Å². The molecular formula is C16H22N2O3. The summed E-state index contributed by atoms with van der Waals surface area (Å²) in [6.07, 6.45) is 5.17. The van der Waals surface area contributed by atoms with Crippen LogP contribution in [-0.2, 0) is 6.54 Å². The van der Waals surface area contributed by atoms with Crippen molar-refractivity contribution < 1.29 is 15.0 Å². The van der Waals surface area contributed by atoms with E-state index in [1.165, 1.54) is 12.5 Å². The van der Waals surface area contributed by atoms with Gasteiger partial charge in [0.1, 0.15) is 5.69 Å². The van der Waals surface area contributed by atoms with Crippen molar-refractivity contribution in [2.45, 2.75) is 44.2 Å². The molecule has 0 radical (unpaired) electrons. The fourth-order valence-corrected chi connectivity index (χ4v) is 3.70. The quantitative estimate of drug-likeness (QED) is 0.889. The summed E-state index contributed by atoms with van der Waals surface area (Å²) in [4.78, 5) is 17.4. The van der Waals surface area contributed by atoms with Crippen LogP contribution in [0.5, 0.6) is 0 Å². The Morgan fingerprint density at radius 3 is 3.05 bits per heavy atom. The average Bonchev–Trinajstić information content (AvgIpc) is 2.48. The third-order valence-corrected chi connectivity index (χ3v) is 4.92. The molecule has 2 N–H and O–H groups in total. The largest absolute Gasteiger partial charge is 0.477 e. The van der Waals surface area contributed by atoms with Gasteiger partial charge in [-0.25, -0.2) is 9.78 Å². The smallest absolute Gasteiger partial charge is 0.354 e. The Balaban J connectivity index is 1.66. The van der Waals surface area contributed by atoms with Gasteiger partial charge in [-0.15, -0.1) is 0 Å². The number of carboxylic acids is 1. The van der Waals surface area contributed by atoms with Crippen molar-refractivity contribution in [1.82, 2.24) is 9.88 Å². The standard InChI is InChI=1S/C16H22N2O3/c19-15(20)14-6-3-5-13(17-14)11-18-9-8-16(21)7-2-1-4-12(16)10-18/h3,5-6,12,21H,1-2,4,7-11H2,(H,19,20). The number of carbonyl (C=O) groups is 1. The SMILES string of the molecule is O=C(O)c1cccc(CN2CCC3(O)CCCCC3C2)n1. The van der Waals surface area contributed by atoms with E-state index < -0.39 is 11.6 Å². The Kier molecular flexibility index (Phi) is 3.95. The Hall–Kier alpha value is -1.46. The summed E-state index contributed by atoms with van der Waals surface area (Å²) in [5, 5.41) is 19.7. The fourth-order valence-electron chi connectivity index (χ4n) is 3.70. The van der Waals surface area contributed by atoms with E-state index in [1.807, 2.05) is 6.07 Å². The second-order valence-electron chi connectivity index (χ2n) is 6.35. The number of pyridine rings is 1. The van der Waals surface area contributed by atoms with Crippen molar-refractivity contribution in [2.75, 3.05) is 13.1 Å². The molecule has 2 aliphatic rings. The highest BCUT2D eigenvalue weighted by molar-refractivity contribution is 5.85. The minimum absolute atomic E-state index is 0.0960. The van der Waals surface area contributed by atoms with Gasteiger partial charge in [-0.05, 0) is 31.4 Å². The van der Waals surface area contributed by atoms with Crippen molar-refractivity contribution in [3.63, 3.8) is 0 Å². The molecule has 1 aromatic heterocycles. The lowest BCUT2D eigenvalue weighted by Gasteiger charge is -2.47. The summed E-state index contributed by atoms with van der Waals surface area (Å²) in [7, 11) is 0. The van der Waals surface area contributed by atoms with Crippen molar-refractivity contribution in [3.05, 3.63) is 29.6 Å². The third kappa shape index (κ3) is 3.09. The maximum Gasteiger partial charge on any atom is 0.354 e. The molecule has 2 atom stereocenters. The first-order valence-electron chi connectivity index (χ1n) is 7.71. The van der Waals surface area contributed by atoms with Crippen LogP contribution in [0.3, 0.4) is 0 Å². The van der Waals surface area contributed by atoms with Crippen molar-refractivity contribution >= 4 is 5.97 Å². The molecule has 0 spiro atoms. The van der Waals surface area contributed by atoms with Gasteiger partial charge in [0.05, 0.1) is 11.3 Å². The number of hydrogen-bond donors (Lipinski definition) is 2. The second kappa shape index (κ2) is 5.73. The molecular weight excluding hydrogens is 268 g/mol. The van der Waals surface area contributed by atoms with Crippen LogP contribution in [0.2, 0.25) is 0 Å². The number of piperidine rings is 1. The Labute approximate surface area is 124 Å². The molecule has 2 fully saturated rings. The van der Waals surface area contributed by atoms with Gasteiger partial charge in [-0.2, -0.15) is 0 Å². The van der Waals surface area contributed by atoms with Gasteiger partial charge in [-0.1, -0.05) is 18.9 Å². The van der Waals surface area contributed by atoms with Crippen molar-refractivity contribution in [3.8, 4) is 0 Å². The maximum atomic E-state index is 11.0. The van der Waals surface area contributed by atoms with Gasteiger partial charge in [0.25, 0.3) is 0 Å². The molecule has 114 valence electrons. The van der Waals surface area contributed by atoms with Crippen LogP contribution < -0.4 is 0 Å². The van der Waals surface area contributed by atoms with Crippen LogP contribution in [0.25, 0.3) is 0 Å². The molecule has 21 heavy (non-hydrogen) atoms. The van der Waals surface area contributed by atoms with E-state index in [1.54, 1.807) is 6.07 Å². The predicted molar refractivity (Wildman–Crippen MR) is 78.0 cm³/mol. The first-order valence-corrected chi connectivity index (χ1v) is 7.71. The average molecular weight is 290 g/mol. The molecule has 1 saturated heterocycles. The highest BCUT2D eigenvalue weighted by Gasteiger charge is 2.42. The predicted octanol–water partition coefficient (Wildman–Crippen LogP) is 1.91. The minimum atomic E-state index is -0.989. The summed E-state index contributed by atoms with van der Waals surface area (Å²) >= 11 is 0. The molecule has 1 aromatic rings. The van der Waals surface area contributed by atoms with Crippen LogP contribution in [0.1, 0.15) is 48.3 Å². The number of hydrogen-bond acceptors (Lipinski definition) is 4. The monoisotopic (exact) mass is 290 g/mol. The number of aromatic carboxylic acids is 1. The first-order chi connectivity index (χ1) is 10.1. The lowest BCUT2D eigenvalue weighted by molar-refractivity contribution is -0.0969. The normalized spacial score (nSPS) is 29.9. The third-order valence-electron chi connectivity index (χ3n) is 4.92. The zero-order valence-corrected chi connectivity index (χ0v) is 12.2. The molecule has 0 amide bonds. The minimum Gasteiger partial charge on any atom is -0.477 e. The fraction of sp³-hybridized carbons (Fsp3) is 0.625. The van der Waals surface area contributed by atoms with Gasteiger partial charge in [-0.3, -0.25) is 4.90 Å². The summed E-state index contributed by atoms with van der Waals surface area (Å²) in [6, 6.07) is 5.13. The summed E-state index contributed by atoms with van der Waals surface area (Å²) in [6.45, 7) is 2.40. The Morgan fingerprint density at radius 1 is 1.38 bits per heavy atom. The van der Waals surface area contributed by atoms with Crippen molar-refractivity contribution in [2.24, 2.45) is 5.92 Å². The highest BCUT2D eigenvalue weighted by Crippen LogP contribution is 2.39. The number of aromatic nitrogens is 1. The van der Waals surface area contributed by atoms with E-state index >= 15 is 0 Å². The maximum absolute atomic E-state index is 11.0. The molecule has 1 aliphatic heterocycles. The van der Waals surface area contributed by atoms with Crippen LogP contribution in [0.15, 0.2) is 18.2 Å². The highest BCUT2D eigenvalue weighted by atomic mass is 16.4. The van der Waals surface area contributed by atoms with Gasteiger partial charge in [0, 0.05) is 25.6 Å². The topological polar surface area (TPSA) is 73.7 Å². The number of rotatable bonds is 3. The Bertz CT molecular complexity index is 534. The zero-order valence-electron chi connectivity index (χ0n) is 12.2. The van der Waals surface area contributed by atoms with Crippen LogP contribution >= 0.6 is 0 Å². The molecule has 5 nitrogen and oxygen atoms in total. The van der Waals surface area contributed by atoms with Gasteiger partial charge < -0.3 is 10.2 Å². The number of fused-ring (bicyclic) bond motifs is 1. The number of aliphatic hydroxyl groups is 1. The van der Waals surface area contributed by atoms with Gasteiger partial charge in [0.15, 0.2) is 0 Å². The van der Waals surface area contributed by atoms with Crippen LogP contribution in [0, 0.1) is 5.92 Å². The van der Waals surface area contributed by atoms with E-state index in [9.17, 15) is 9.90 Å². The van der Waals surface area contributed by atoms with Gasteiger partial charge in [0.2, 0.25) is 0 Å². The molecule has 0 aromatic carbocycles. The molecule has 1 saturated carbocycles. The number of carboxylic acid groups (broad SMARTS) is 1. The van der Waals surface area contributed by atoms with E-state index in [4.69, 9.17) is 5.11 Å². The zero-order chi connectivity index (χ0) is 14.9. The number of likely N-dealkylation sites (tertiary alicyclic amines) is 1. The summed E-state index contributed by atoms with van der Waals surface area (Å²) in [5.74, 6) is -0.639. The van der Waals surface area contributed by atoms with E-state index in [2.05, 4.69) is 9.88 Å². The molecule has 1 aliphatic carbocycles. The van der Waals surface area contributed by atoms with Crippen LogP contribution in [0.4, 0.5) is 0 Å². The molecule has 3 rings (SSSR count). The lowest BCUT2D eigenvalue weighted by Crippen LogP contribution is -2.53. The molecule has 2 heterocycles. The molecule has 5 heteroatoms. The molecule has 0 bridgehead atoms. The Morgan fingerprint density at radius 2 is 2.24 bits per heavy atom. The second-order valence-corrected chi connectivity index (χ2v) is 6.35. The van der Waals surface area contributed by atoms with Crippen molar-refractivity contribution in [1.29, 1.82) is 0 Å². The summed E-state index contributed by atoms with van der Waals surface area (Å²) in [5.41, 5.74) is 0.417. The molecule has 2 unspecified atom stereocenters. The van der Waals surface area contributed by atoms with E-state index in [0.717, 1.165) is 44.5 Å². The lowest BCUT2D eigenvalue weighted by atomic mass is 9.71. The summed E-state index contributed by atoms with van der Waals surface area (Å²) < 4.78 is 0. The van der Waals surface area contributed by atoms with Gasteiger partial charge >= 0.3 is 5.97 Å².